The van der Waals surface area contributed by atoms with E-state index in [-0.39, 0.29) is 12.5 Å². The summed E-state index contributed by atoms with van der Waals surface area (Å²) >= 11 is 3.52. The molecule has 0 radical (unpaired) electrons. The maximum atomic E-state index is 13.8. The minimum atomic E-state index is -1.38. The molecule has 0 spiro atoms. The lowest BCUT2D eigenvalue weighted by Crippen LogP contribution is -2.61. The molecule has 2 aromatic carbocycles. The monoisotopic (exact) mass is 816 g/mol. The summed E-state index contributed by atoms with van der Waals surface area (Å²) in [6, 6.07) is 12.0. The van der Waals surface area contributed by atoms with E-state index in [4.69, 9.17) is 28.4 Å². The largest absolute Gasteiger partial charge is 0.496 e. The van der Waals surface area contributed by atoms with Gasteiger partial charge in [-0.15, -0.1) is 0 Å². The quantitative estimate of drug-likeness (QED) is 0.170. The molecule has 1 heterocycles. The van der Waals surface area contributed by atoms with Crippen molar-refractivity contribution in [3.63, 3.8) is 0 Å². The van der Waals surface area contributed by atoms with Crippen molar-refractivity contribution in [2.24, 2.45) is 21.7 Å². The van der Waals surface area contributed by atoms with Gasteiger partial charge in [0.2, 0.25) is 0 Å². The molecule has 0 N–H and O–H groups in total. The number of carbonyl (C=O) groups excluding carboxylic acids is 4. The Bertz CT molecular complexity index is 1650. The van der Waals surface area contributed by atoms with Crippen molar-refractivity contribution in [3.8, 4) is 5.75 Å². The number of ether oxygens (including phenoxy) is 6. The van der Waals surface area contributed by atoms with Crippen LogP contribution in [0.2, 0.25) is 0 Å². The molecule has 2 aromatic rings. The second-order valence-corrected chi connectivity index (χ2v) is 19.5. The number of esters is 4. The number of methoxy groups -OCH3 is 1. The van der Waals surface area contributed by atoms with Crippen LogP contribution in [0.3, 0.4) is 0 Å². The van der Waals surface area contributed by atoms with E-state index in [1.54, 1.807) is 90.2 Å². The van der Waals surface area contributed by atoms with E-state index in [1.807, 2.05) is 36.4 Å². The summed E-state index contributed by atoms with van der Waals surface area (Å²) < 4.78 is 38.4. The van der Waals surface area contributed by atoms with Crippen LogP contribution < -0.4 is 4.74 Å². The number of hydrogen-bond acceptors (Lipinski definition) is 10. The maximum absolute atomic E-state index is 13.8. The molecule has 300 valence electrons. The molecular weight excluding hydrogens is 756 g/mol. The summed E-state index contributed by atoms with van der Waals surface area (Å²) in [6.07, 6.45) is -5.76. The molecule has 1 aliphatic rings. The van der Waals surface area contributed by atoms with Crippen molar-refractivity contribution >= 4 is 39.8 Å². The first-order valence-electron chi connectivity index (χ1n) is 18.6. The van der Waals surface area contributed by atoms with Crippen LogP contribution in [0.1, 0.15) is 131 Å². The number of hydrogen-bond donors (Lipinski definition) is 0. The molecule has 0 bridgehead atoms. The highest BCUT2D eigenvalue weighted by molar-refractivity contribution is 9.10. The maximum Gasteiger partial charge on any atom is 0.311 e. The van der Waals surface area contributed by atoms with Crippen LogP contribution in [-0.2, 0) is 49.3 Å². The molecule has 11 heteroatoms. The second-order valence-electron chi connectivity index (χ2n) is 18.6. The van der Waals surface area contributed by atoms with Crippen LogP contribution in [0.5, 0.6) is 5.75 Å². The third kappa shape index (κ3) is 11.5. The highest BCUT2D eigenvalue weighted by Crippen LogP contribution is 2.44. The Morgan fingerprint density at radius 2 is 1.15 bits per heavy atom. The fraction of sp³-hybridized carbons (Fsp3) is 0.628. The molecule has 0 aromatic heterocycles. The molecule has 3 rings (SSSR count). The Kier molecular flexibility index (Phi) is 14.3. The first-order valence-corrected chi connectivity index (χ1v) is 19.4. The number of carbonyl (C=O) groups is 4. The van der Waals surface area contributed by atoms with E-state index in [0.717, 1.165) is 21.2 Å². The number of benzene rings is 2. The normalized spacial score (nSPS) is 20.9. The molecule has 0 unspecified atom stereocenters. The first kappa shape index (κ1) is 45.0. The average Bonchev–Trinajstić information content (AvgIpc) is 3.04. The van der Waals surface area contributed by atoms with E-state index in [0.29, 0.717) is 17.7 Å². The summed E-state index contributed by atoms with van der Waals surface area (Å²) in [4.78, 5) is 54.4. The van der Waals surface area contributed by atoms with Crippen molar-refractivity contribution in [1.29, 1.82) is 0 Å². The van der Waals surface area contributed by atoms with E-state index in [2.05, 4.69) is 29.8 Å². The summed E-state index contributed by atoms with van der Waals surface area (Å²) in [7, 11) is 1.55. The molecule has 1 saturated heterocycles. The summed E-state index contributed by atoms with van der Waals surface area (Å²) in [6.45, 7) is 24.3. The van der Waals surface area contributed by atoms with Gasteiger partial charge in [0.15, 0.2) is 18.3 Å². The van der Waals surface area contributed by atoms with Crippen molar-refractivity contribution < 1.29 is 47.6 Å². The molecule has 54 heavy (non-hydrogen) atoms. The first-order chi connectivity index (χ1) is 24.6. The lowest BCUT2D eigenvalue weighted by Gasteiger charge is -2.46. The van der Waals surface area contributed by atoms with Gasteiger partial charge in [0.1, 0.15) is 24.6 Å². The van der Waals surface area contributed by atoms with Crippen molar-refractivity contribution in [2.75, 3.05) is 13.7 Å². The molecule has 5 atom stereocenters. The molecule has 1 aliphatic heterocycles. The van der Waals surface area contributed by atoms with Crippen LogP contribution >= 0.6 is 15.9 Å². The zero-order valence-electron chi connectivity index (χ0n) is 34.8. The molecule has 10 nitrogen and oxygen atoms in total. The molecule has 0 aliphatic carbocycles. The van der Waals surface area contributed by atoms with Gasteiger partial charge >= 0.3 is 23.9 Å². The third-order valence-electron chi connectivity index (χ3n) is 8.92. The Labute approximate surface area is 330 Å². The highest BCUT2D eigenvalue weighted by Gasteiger charge is 2.55. The molecule has 0 amide bonds. The Balaban J connectivity index is 2.39. The zero-order valence-corrected chi connectivity index (χ0v) is 36.4. The van der Waals surface area contributed by atoms with Crippen LogP contribution in [0, 0.1) is 21.7 Å². The Hall–Kier alpha value is -3.44. The van der Waals surface area contributed by atoms with Gasteiger partial charge < -0.3 is 28.4 Å². The van der Waals surface area contributed by atoms with Crippen LogP contribution in [0.25, 0.3) is 0 Å². The topological polar surface area (TPSA) is 124 Å². The standard InChI is InChI=1S/C43H61BrO10/c1-24(2)28-22-30(49-15)29(21-26(28)20-25-16-18-27(44)19-17-25)32-34(53-38(47)42(9,10)11)35(54-39(48)43(12,13)14)33(52-37(46)41(6,7)8)31(51-32)23-50-36(45)40(3,4)5/h16-19,21-22,24,31-35H,20,23H2,1-15H3/t31-,32+,33-,34+,35+/m1/s1. The SMILES string of the molecule is COc1cc(C(C)C)c(Cc2ccc(Br)cc2)cc1[C@@H]1O[C@H](COC(=O)C(C)(C)C)[C@@H](OC(=O)C(C)(C)C)[C@H](OC(=O)C(C)(C)C)[C@H]1OC(=O)C(C)(C)C. The van der Waals surface area contributed by atoms with Gasteiger partial charge in [-0.05, 0) is 136 Å². The van der Waals surface area contributed by atoms with Gasteiger partial charge in [-0.2, -0.15) is 0 Å². The van der Waals surface area contributed by atoms with Gasteiger partial charge in [-0.25, -0.2) is 0 Å². The number of halogens is 1. The van der Waals surface area contributed by atoms with E-state index < -0.39 is 76.1 Å². The number of rotatable bonds is 10. The van der Waals surface area contributed by atoms with Gasteiger partial charge in [0, 0.05) is 10.0 Å². The van der Waals surface area contributed by atoms with Gasteiger partial charge in [0.25, 0.3) is 0 Å². The molecule has 1 fully saturated rings. The van der Waals surface area contributed by atoms with Crippen molar-refractivity contribution in [1.82, 2.24) is 0 Å². The van der Waals surface area contributed by atoms with Gasteiger partial charge in [-0.3, -0.25) is 19.2 Å². The van der Waals surface area contributed by atoms with Crippen LogP contribution in [-0.4, -0.2) is 62.0 Å². The highest BCUT2D eigenvalue weighted by atomic mass is 79.9. The van der Waals surface area contributed by atoms with Gasteiger partial charge in [-0.1, -0.05) is 41.9 Å². The summed E-state index contributed by atoms with van der Waals surface area (Å²) in [5.74, 6) is -1.77. The fourth-order valence-corrected chi connectivity index (χ4v) is 5.82. The van der Waals surface area contributed by atoms with E-state index in [9.17, 15) is 19.2 Å². The average molecular weight is 818 g/mol. The summed E-state index contributed by atoms with van der Waals surface area (Å²) in [5.41, 5.74) is -0.191. The lowest BCUT2D eigenvalue weighted by molar-refractivity contribution is -0.262. The predicted molar refractivity (Wildman–Crippen MR) is 210 cm³/mol. The third-order valence-corrected chi connectivity index (χ3v) is 9.45. The molecular formula is C43H61BrO10. The summed E-state index contributed by atoms with van der Waals surface area (Å²) in [5, 5.41) is 0. The van der Waals surface area contributed by atoms with Crippen LogP contribution in [0.15, 0.2) is 40.9 Å². The van der Waals surface area contributed by atoms with Gasteiger partial charge in [0.05, 0.1) is 28.8 Å². The van der Waals surface area contributed by atoms with Crippen molar-refractivity contribution in [3.05, 3.63) is 63.1 Å². The minimum absolute atomic E-state index is 0.117. The lowest BCUT2D eigenvalue weighted by atomic mass is 9.85. The molecule has 0 saturated carbocycles. The smallest absolute Gasteiger partial charge is 0.311 e. The zero-order chi connectivity index (χ0) is 41.1. The Morgan fingerprint density at radius 1 is 0.685 bits per heavy atom. The fourth-order valence-electron chi connectivity index (χ4n) is 5.55. The minimum Gasteiger partial charge on any atom is -0.496 e. The van der Waals surface area contributed by atoms with Crippen molar-refractivity contribution in [2.45, 2.75) is 140 Å². The second kappa shape index (κ2) is 17.1. The van der Waals surface area contributed by atoms with E-state index >= 15 is 0 Å². The van der Waals surface area contributed by atoms with E-state index in [1.165, 1.54) is 0 Å². The Morgan fingerprint density at radius 3 is 1.59 bits per heavy atom. The predicted octanol–water partition coefficient (Wildman–Crippen LogP) is 9.07. The van der Waals surface area contributed by atoms with Crippen LogP contribution in [0.4, 0.5) is 0 Å².